The van der Waals surface area contributed by atoms with Gasteiger partial charge in [0.15, 0.2) is 0 Å². The van der Waals surface area contributed by atoms with E-state index in [4.69, 9.17) is 4.74 Å². The Bertz CT molecular complexity index is 615. The summed E-state index contributed by atoms with van der Waals surface area (Å²) in [5, 5.41) is 3.47. The summed E-state index contributed by atoms with van der Waals surface area (Å²) < 4.78 is 6.04. The van der Waals surface area contributed by atoms with E-state index in [0.717, 1.165) is 23.4 Å². The number of ether oxygens (including phenoxy) is 1. The highest BCUT2D eigenvalue weighted by molar-refractivity contribution is 5.40. The third-order valence-corrected chi connectivity index (χ3v) is 3.21. The number of hydrogen-bond acceptors (Lipinski definition) is 3. The standard InChI is InChI=1S/C18H24N2O/c1-13-8-9-14(2)16(11-13)21-17-15(7-6-10-19-17)12-20-18(3,4)5/h6-11,20H,12H2,1-5H3. The molecule has 0 aliphatic rings. The molecular weight excluding hydrogens is 260 g/mol. The number of aromatic nitrogens is 1. The molecule has 1 aromatic heterocycles. The van der Waals surface area contributed by atoms with E-state index < -0.39 is 0 Å². The molecule has 112 valence electrons. The van der Waals surface area contributed by atoms with Gasteiger partial charge in [0, 0.05) is 23.8 Å². The summed E-state index contributed by atoms with van der Waals surface area (Å²) in [6.07, 6.45) is 1.76. The lowest BCUT2D eigenvalue weighted by Gasteiger charge is -2.21. The van der Waals surface area contributed by atoms with Crippen molar-refractivity contribution < 1.29 is 4.74 Å². The monoisotopic (exact) mass is 284 g/mol. The molecule has 0 radical (unpaired) electrons. The van der Waals surface area contributed by atoms with Gasteiger partial charge in [0.25, 0.3) is 0 Å². The van der Waals surface area contributed by atoms with Crippen molar-refractivity contribution in [2.24, 2.45) is 0 Å². The molecule has 2 aromatic rings. The van der Waals surface area contributed by atoms with E-state index in [1.807, 2.05) is 25.1 Å². The number of nitrogens with one attached hydrogen (secondary N) is 1. The first-order valence-electron chi connectivity index (χ1n) is 7.29. The Labute approximate surface area is 127 Å². The van der Waals surface area contributed by atoms with Gasteiger partial charge in [-0.2, -0.15) is 0 Å². The summed E-state index contributed by atoms with van der Waals surface area (Å²) >= 11 is 0. The van der Waals surface area contributed by atoms with Gasteiger partial charge in [-0.3, -0.25) is 0 Å². The molecule has 1 aromatic carbocycles. The number of benzene rings is 1. The van der Waals surface area contributed by atoms with Gasteiger partial charge >= 0.3 is 0 Å². The highest BCUT2D eigenvalue weighted by Crippen LogP contribution is 2.27. The van der Waals surface area contributed by atoms with Crippen LogP contribution in [0.4, 0.5) is 0 Å². The van der Waals surface area contributed by atoms with Crippen LogP contribution in [0.15, 0.2) is 36.5 Å². The van der Waals surface area contributed by atoms with Gasteiger partial charge in [-0.1, -0.05) is 18.2 Å². The van der Waals surface area contributed by atoms with Crippen molar-refractivity contribution in [1.29, 1.82) is 0 Å². The normalized spacial score (nSPS) is 11.5. The summed E-state index contributed by atoms with van der Waals surface area (Å²) in [5.74, 6) is 1.54. The van der Waals surface area contributed by atoms with Gasteiger partial charge in [0.2, 0.25) is 5.88 Å². The first-order valence-corrected chi connectivity index (χ1v) is 7.29. The van der Waals surface area contributed by atoms with E-state index in [-0.39, 0.29) is 5.54 Å². The molecule has 0 bridgehead atoms. The highest BCUT2D eigenvalue weighted by Gasteiger charge is 2.12. The zero-order chi connectivity index (χ0) is 15.5. The molecule has 0 saturated carbocycles. The minimum absolute atomic E-state index is 0.0619. The SMILES string of the molecule is Cc1ccc(C)c(Oc2ncccc2CNC(C)(C)C)c1. The molecule has 0 atom stereocenters. The van der Waals surface area contributed by atoms with Gasteiger partial charge in [-0.25, -0.2) is 4.98 Å². The molecule has 1 heterocycles. The Morgan fingerprint density at radius 3 is 2.62 bits per heavy atom. The van der Waals surface area contributed by atoms with E-state index in [1.54, 1.807) is 6.20 Å². The van der Waals surface area contributed by atoms with Gasteiger partial charge < -0.3 is 10.1 Å². The second-order valence-electron chi connectivity index (χ2n) is 6.44. The first kappa shape index (κ1) is 15.5. The smallest absolute Gasteiger partial charge is 0.223 e. The van der Waals surface area contributed by atoms with Gasteiger partial charge in [-0.05, 0) is 57.9 Å². The average Bonchev–Trinajstić information content (AvgIpc) is 2.41. The van der Waals surface area contributed by atoms with E-state index in [1.165, 1.54) is 5.56 Å². The van der Waals surface area contributed by atoms with Gasteiger partial charge in [0.05, 0.1) is 0 Å². The van der Waals surface area contributed by atoms with Crippen molar-refractivity contribution in [3.8, 4) is 11.6 Å². The molecule has 21 heavy (non-hydrogen) atoms. The molecule has 0 spiro atoms. The van der Waals surface area contributed by atoms with E-state index in [0.29, 0.717) is 5.88 Å². The molecule has 1 N–H and O–H groups in total. The molecular formula is C18H24N2O. The number of aryl methyl sites for hydroxylation is 2. The van der Waals surface area contributed by atoms with Crippen LogP contribution < -0.4 is 10.1 Å². The van der Waals surface area contributed by atoms with Crippen LogP contribution >= 0.6 is 0 Å². The second-order valence-corrected chi connectivity index (χ2v) is 6.44. The summed E-state index contributed by atoms with van der Waals surface area (Å²) in [7, 11) is 0. The van der Waals surface area contributed by atoms with Gasteiger partial charge in [0.1, 0.15) is 5.75 Å². The number of pyridine rings is 1. The number of rotatable bonds is 4. The summed E-state index contributed by atoms with van der Waals surface area (Å²) in [6.45, 7) is 11.3. The zero-order valence-corrected chi connectivity index (χ0v) is 13.5. The molecule has 3 heteroatoms. The van der Waals surface area contributed by atoms with Crippen LogP contribution in [-0.4, -0.2) is 10.5 Å². The lowest BCUT2D eigenvalue weighted by atomic mass is 10.1. The van der Waals surface area contributed by atoms with Crippen molar-refractivity contribution in [3.05, 3.63) is 53.2 Å². The van der Waals surface area contributed by atoms with Crippen molar-refractivity contribution in [2.45, 2.75) is 46.7 Å². The molecule has 0 unspecified atom stereocenters. The molecule has 3 nitrogen and oxygen atoms in total. The fraction of sp³-hybridized carbons (Fsp3) is 0.389. The van der Waals surface area contributed by atoms with Crippen LogP contribution in [0.3, 0.4) is 0 Å². The molecule has 0 fully saturated rings. The molecule has 0 aliphatic heterocycles. The lowest BCUT2D eigenvalue weighted by Crippen LogP contribution is -2.35. The summed E-state index contributed by atoms with van der Waals surface area (Å²) in [6, 6.07) is 10.2. The van der Waals surface area contributed by atoms with Crippen LogP contribution in [-0.2, 0) is 6.54 Å². The Morgan fingerprint density at radius 2 is 1.90 bits per heavy atom. The van der Waals surface area contributed by atoms with Crippen molar-refractivity contribution in [1.82, 2.24) is 10.3 Å². The largest absolute Gasteiger partial charge is 0.438 e. The van der Waals surface area contributed by atoms with Crippen LogP contribution in [0.25, 0.3) is 0 Å². The Morgan fingerprint density at radius 1 is 1.14 bits per heavy atom. The molecule has 0 saturated heterocycles. The van der Waals surface area contributed by atoms with Crippen LogP contribution in [0.1, 0.15) is 37.5 Å². The maximum Gasteiger partial charge on any atom is 0.223 e. The second kappa shape index (κ2) is 6.27. The maximum atomic E-state index is 6.04. The first-order chi connectivity index (χ1) is 9.85. The third-order valence-electron chi connectivity index (χ3n) is 3.21. The van der Waals surface area contributed by atoms with Crippen molar-refractivity contribution in [3.63, 3.8) is 0 Å². The van der Waals surface area contributed by atoms with E-state index in [9.17, 15) is 0 Å². The Balaban J connectivity index is 2.22. The quantitative estimate of drug-likeness (QED) is 0.904. The van der Waals surface area contributed by atoms with Crippen LogP contribution in [0.2, 0.25) is 0 Å². The third kappa shape index (κ3) is 4.57. The maximum absolute atomic E-state index is 6.04. The predicted octanol–water partition coefficient (Wildman–Crippen LogP) is 4.38. The fourth-order valence-corrected chi connectivity index (χ4v) is 1.93. The van der Waals surface area contributed by atoms with Crippen LogP contribution in [0.5, 0.6) is 11.6 Å². The zero-order valence-electron chi connectivity index (χ0n) is 13.5. The Kier molecular flexibility index (Phi) is 4.63. The minimum atomic E-state index is 0.0619. The van der Waals surface area contributed by atoms with Crippen molar-refractivity contribution in [2.75, 3.05) is 0 Å². The summed E-state index contributed by atoms with van der Waals surface area (Å²) in [5.41, 5.74) is 3.42. The average molecular weight is 284 g/mol. The predicted molar refractivity (Wildman–Crippen MR) is 86.8 cm³/mol. The van der Waals surface area contributed by atoms with Crippen molar-refractivity contribution >= 4 is 0 Å². The Hall–Kier alpha value is -1.87. The topological polar surface area (TPSA) is 34.1 Å². The fourth-order valence-electron chi connectivity index (χ4n) is 1.93. The lowest BCUT2D eigenvalue weighted by molar-refractivity contribution is 0.408. The molecule has 2 rings (SSSR count). The number of hydrogen-bond donors (Lipinski definition) is 1. The molecule has 0 aliphatic carbocycles. The molecule has 0 amide bonds. The van der Waals surface area contributed by atoms with Crippen LogP contribution in [0, 0.1) is 13.8 Å². The minimum Gasteiger partial charge on any atom is -0.438 e. The number of nitrogens with zero attached hydrogens (tertiary/aromatic N) is 1. The highest BCUT2D eigenvalue weighted by atomic mass is 16.5. The van der Waals surface area contributed by atoms with Gasteiger partial charge in [-0.15, -0.1) is 0 Å². The summed E-state index contributed by atoms with van der Waals surface area (Å²) in [4.78, 5) is 4.38. The van der Waals surface area contributed by atoms with E-state index in [2.05, 4.69) is 50.1 Å². The van der Waals surface area contributed by atoms with E-state index >= 15 is 0 Å².